The summed E-state index contributed by atoms with van der Waals surface area (Å²) in [5.74, 6) is -0.962. The van der Waals surface area contributed by atoms with Crippen molar-refractivity contribution < 1.29 is 22.7 Å². The number of hydrogen-bond donors (Lipinski definition) is 1. The first-order valence-corrected chi connectivity index (χ1v) is 8.15. The third kappa shape index (κ3) is 3.72. The Morgan fingerprint density at radius 2 is 2.14 bits per heavy atom. The lowest BCUT2D eigenvalue weighted by atomic mass is 10.1. The molecule has 1 aliphatic heterocycles. The summed E-state index contributed by atoms with van der Waals surface area (Å²) < 4.78 is 29.1. The SMILES string of the molecule is COc1cccc(N2C[C@@H](C(=O)NS(C)(=O)=O)CC2=O)c1. The van der Waals surface area contributed by atoms with Crippen LogP contribution in [0.25, 0.3) is 0 Å². The number of ether oxygens (including phenoxy) is 1. The van der Waals surface area contributed by atoms with E-state index in [1.165, 1.54) is 12.0 Å². The van der Waals surface area contributed by atoms with Crippen molar-refractivity contribution in [3.05, 3.63) is 24.3 Å². The number of hydrogen-bond acceptors (Lipinski definition) is 5. The molecule has 21 heavy (non-hydrogen) atoms. The summed E-state index contributed by atoms with van der Waals surface area (Å²) in [6, 6.07) is 6.91. The maximum Gasteiger partial charge on any atom is 0.238 e. The van der Waals surface area contributed by atoms with Crippen molar-refractivity contribution in [3.63, 3.8) is 0 Å². The van der Waals surface area contributed by atoms with Crippen LogP contribution in [0.3, 0.4) is 0 Å². The van der Waals surface area contributed by atoms with Crippen LogP contribution in [0.2, 0.25) is 0 Å². The van der Waals surface area contributed by atoms with Gasteiger partial charge in [-0.15, -0.1) is 0 Å². The summed E-state index contributed by atoms with van der Waals surface area (Å²) >= 11 is 0. The van der Waals surface area contributed by atoms with Gasteiger partial charge in [0.1, 0.15) is 5.75 Å². The van der Waals surface area contributed by atoms with Gasteiger partial charge >= 0.3 is 0 Å². The summed E-state index contributed by atoms with van der Waals surface area (Å²) in [7, 11) is -2.10. The van der Waals surface area contributed by atoms with Crippen molar-refractivity contribution in [3.8, 4) is 5.75 Å². The Kier molecular flexibility index (Phi) is 4.17. The van der Waals surface area contributed by atoms with E-state index in [1.807, 2.05) is 4.72 Å². The summed E-state index contributed by atoms with van der Waals surface area (Å²) in [6.07, 6.45) is 0.889. The highest BCUT2D eigenvalue weighted by Crippen LogP contribution is 2.27. The van der Waals surface area contributed by atoms with Crippen molar-refractivity contribution in [2.75, 3.05) is 24.8 Å². The van der Waals surface area contributed by atoms with E-state index < -0.39 is 21.8 Å². The fourth-order valence-electron chi connectivity index (χ4n) is 2.18. The molecule has 0 aromatic heterocycles. The van der Waals surface area contributed by atoms with Crippen LogP contribution in [-0.4, -0.2) is 40.1 Å². The Morgan fingerprint density at radius 3 is 2.76 bits per heavy atom. The molecule has 1 fully saturated rings. The molecule has 1 aromatic rings. The number of nitrogens with one attached hydrogen (secondary N) is 1. The van der Waals surface area contributed by atoms with Gasteiger partial charge in [0.15, 0.2) is 0 Å². The van der Waals surface area contributed by atoms with Crippen LogP contribution in [0.1, 0.15) is 6.42 Å². The summed E-state index contributed by atoms with van der Waals surface area (Å²) in [5, 5.41) is 0. The molecule has 2 amide bonds. The number of sulfonamides is 1. The number of methoxy groups -OCH3 is 1. The highest BCUT2D eigenvalue weighted by atomic mass is 32.2. The average Bonchev–Trinajstić information content (AvgIpc) is 2.79. The minimum Gasteiger partial charge on any atom is -0.497 e. The lowest BCUT2D eigenvalue weighted by Gasteiger charge is -2.17. The lowest BCUT2D eigenvalue weighted by Crippen LogP contribution is -2.36. The molecule has 1 atom stereocenters. The molecule has 0 unspecified atom stereocenters. The largest absolute Gasteiger partial charge is 0.497 e. The zero-order chi connectivity index (χ0) is 15.6. The van der Waals surface area contributed by atoms with E-state index >= 15 is 0 Å². The molecule has 1 aliphatic rings. The third-order valence-corrected chi connectivity index (χ3v) is 3.72. The maximum atomic E-state index is 12.0. The van der Waals surface area contributed by atoms with E-state index in [4.69, 9.17) is 4.74 Å². The normalized spacial score (nSPS) is 18.7. The van der Waals surface area contributed by atoms with Crippen molar-refractivity contribution in [2.45, 2.75) is 6.42 Å². The Bertz CT molecular complexity index is 671. The first-order valence-electron chi connectivity index (χ1n) is 6.26. The quantitative estimate of drug-likeness (QED) is 0.852. The van der Waals surface area contributed by atoms with Gasteiger partial charge in [0.2, 0.25) is 21.8 Å². The van der Waals surface area contributed by atoms with Gasteiger partial charge in [-0.2, -0.15) is 0 Å². The van der Waals surface area contributed by atoms with Gasteiger partial charge in [0, 0.05) is 24.7 Å². The van der Waals surface area contributed by atoms with E-state index in [0.717, 1.165) is 6.26 Å². The molecule has 1 saturated heterocycles. The first kappa shape index (κ1) is 15.3. The summed E-state index contributed by atoms with van der Waals surface area (Å²) in [4.78, 5) is 25.3. The molecule has 1 heterocycles. The van der Waals surface area contributed by atoms with Gasteiger partial charge in [-0.3, -0.25) is 14.3 Å². The minimum atomic E-state index is -3.62. The van der Waals surface area contributed by atoms with Crippen LogP contribution in [-0.2, 0) is 19.6 Å². The monoisotopic (exact) mass is 312 g/mol. The van der Waals surface area contributed by atoms with Crippen LogP contribution >= 0.6 is 0 Å². The second-order valence-electron chi connectivity index (χ2n) is 4.85. The molecule has 0 saturated carbocycles. The van der Waals surface area contributed by atoms with Crippen molar-refractivity contribution >= 4 is 27.5 Å². The summed E-state index contributed by atoms with van der Waals surface area (Å²) in [6.45, 7) is 0.146. The molecule has 0 bridgehead atoms. The van der Waals surface area contributed by atoms with E-state index in [0.29, 0.717) is 11.4 Å². The molecule has 2 rings (SSSR count). The fourth-order valence-corrected chi connectivity index (χ4v) is 2.71. The van der Waals surface area contributed by atoms with Crippen molar-refractivity contribution in [1.29, 1.82) is 0 Å². The highest BCUT2D eigenvalue weighted by Gasteiger charge is 2.36. The van der Waals surface area contributed by atoms with Crippen LogP contribution in [0, 0.1) is 5.92 Å². The van der Waals surface area contributed by atoms with Crippen molar-refractivity contribution in [2.24, 2.45) is 5.92 Å². The zero-order valence-electron chi connectivity index (χ0n) is 11.7. The smallest absolute Gasteiger partial charge is 0.238 e. The van der Waals surface area contributed by atoms with E-state index in [-0.39, 0.29) is 18.9 Å². The molecule has 8 heteroatoms. The molecule has 7 nitrogen and oxygen atoms in total. The van der Waals surface area contributed by atoms with E-state index in [9.17, 15) is 18.0 Å². The van der Waals surface area contributed by atoms with Crippen LogP contribution in [0.4, 0.5) is 5.69 Å². The number of carbonyl (C=O) groups is 2. The van der Waals surface area contributed by atoms with Crippen LogP contribution in [0.15, 0.2) is 24.3 Å². The average molecular weight is 312 g/mol. The van der Waals surface area contributed by atoms with E-state index in [1.54, 1.807) is 24.3 Å². The molecule has 1 aromatic carbocycles. The van der Waals surface area contributed by atoms with Crippen LogP contribution < -0.4 is 14.4 Å². The van der Waals surface area contributed by atoms with Gasteiger partial charge in [0.25, 0.3) is 0 Å². The number of carbonyl (C=O) groups excluding carboxylic acids is 2. The molecular weight excluding hydrogens is 296 g/mol. The number of benzene rings is 1. The molecule has 114 valence electrons. The Balaban J connectivity index is 2.14. The van der Waals surface area contributed by atoms with E-state index in [2.05, 4.69) is 0 Å². The number of nitrogens with zero attached hydrogens (tertiary/aromatic N) is 1. The first-order chi connectivity index (χ1) is 9.80. The maximum absolute atomic E-state index is 12.0. The van der Waals surface area contributed by atoms with Gasteiger partial charge in [0.05, 0.1) is 19.3 Å². The summed E-state index contributed by atoms with van der Waals surface area (Å²) in [5.41, 5.74) is 0.619. The fraction of sp³-hybridized carbons (Fsp3) is 0.385. The molecule has 0 aliphatic carbocycles. The second-order valence-corrected chi connectivity index (χ2v) is 6.59. The Labute approximate surface area is 122 Å². The number of amides is 2. The van der Waals surface area contributed by atoms with Gasteiger partial charge < -0.3 is 9.64 Å². The van der Waals surface area contributed by atoms with Crippen molar-refractivity contribution in [1.82, 2.24) is 4.72 Å². The Hall–Kier alpha value is -2.09. The molecule has 0 spiro atoms. The third-order valence-electron chi connectivity index (χ3n) is 3.15. The predicted molar refractivity (Wildman–Crippen MR) is 76.4 cm³/mol. The lowest BCUT2D eigenvalue weighted by molar-refractivity contribution is -0.124. The standard InChI is InChI=1S/C13H16N2O5S/c1-20-11-5-3-4-10(7-11)15-8-9(6-12(15)16)13(17)14-21(2,18)19/h3-5,7,9H,6,8H2,1-2H3,(H,14,17)/t9-/m0/s1. The topological polar surface area (TPSA) is 92.8 Å². The molecule has 0 radical (unpaired) electrons. The minimum absolute atomic E-state index is 0.0153. The second kappa shape index (κ2) is 5.72. The predicted octanol–water partition coefficient (Wildman–Crippen LogP) is 0.124. The number of anilines is 1. The zero-order valence-corrected chi connectivity index (χ0v) is 12.5. The Morgan fingerprint density at radius 1 is 1.43 bits per heavy atom. The number of rotatable bonds is 4. The van der Waals surface area contributed by atoms with Gasteiger partial charge in [-0.1, -0.05) is 6.07 Å². The van der Waals surface area contributed by atoms with Gasteiger partial charge in [-0.25, -0.2) is 8.42 Å². The molecule has 1 N–H and O–H groups in total. The highest BCUT2D eigenvalue weighted by molar-refractivity contribution is 7.89. The van der Waals surface area contributed by atoms with Crippen LogP contribution in [0.5, 0.6) is 5.75 Å². The molecular formula is C13H16N2O5S. The van der Waals surface area contributed by atoms with Gasteiger partial charge in [-0.05, 0) is 12.1 Å².